The second-order valence-electron chi connectivity index (χ2n) is 7.05. The number of carbonyl (C=O) groups is 2. The third-order valence-electron chi connectivity index (χ3n) is 4.75. The van der Waals surface area contributed by atoms with E-state index in [1.54, 1.807) is 50.4 Å². The molecule has 1 N–H and O–H groups in total. The van der Waals surface area contributed by atoms with Gasteiger partial charge in [0.1, 0.15) is 0 Å². The van der Waals surface area contributed by atoms with E-state index in [-0.39, 0.29) is 17.6 Å². The Balaban J connectivity index is 1.63. The van der Waals surface area contributed by atoms with Crippen LogP contribution in [0.3, 0.4) is 0 Å². The van der Waals surface area contributed by atoms with Gasteiger partial charge in [-0.15, -0.1) is 11.8 Å². The zero-order valence-electron chi connectivity index (χ0n) is 18.3. The lowest BCUT2D eigenvalue weighted by molar-refractivity contribution is -0.113. The number of hydrogen-bond donors (Lipinski definition) is 1. The molecule has 6 nitrogen and oxygen atoms in total. The lowest BCUT2D eigenvalue weighted by atomic mass is 10.1. The van der Waals surface area contributed by atoms with Crippen molar-refractivity contribution in [2.75, 3.05) is 32.3 Å². The summed E-state index contributed by atoms with van der Waals surface area (Å²) in [6.45, 7) is 0.512. The molecule has 0 unspecified atom stereocenters. The maximum atomic E-state index is 13.0. The number of amides is 2. The first-order valence-electron chi connectivity index (χ1n) is 10.0. The van der Waals surface area contributed by atoms with Crippen molar-refractivity contribution in [3.63, 3.8) is 0 Å². The Hall–Kier alpha value is -3.45. The second-order valence-corrected chi connectivity index (χ2v) is 8.07. The number of ether oxygens (including phenoxy) is 2. The minimum absolute atomic E-state index is 0.0859. The molecule has 0 aliphatic carbocycles. The number of thioether (sulfide) groups is 1. The van der Waals surface area contributed by atoms with E-state index < -0.39 is 0 Å². The quantitative estimate of drug-likeness (QED) is 0.479. The van der Waals surface area contributed by atoms with Gasteiger partial charge < -0.3 is 19.7 Å². The largest absolute Gasteiger partial charge is 0.493 e. The third kappa shape index (κ3) is 6.04. The lowest BCUT2D eigenvalue weighted by Crippen LogP contribution is -2.26. The molecule has 0 aliphatic rings. The van der Waals surface area contributed by atoms with Crippen molar-refractivity contribution in [3.05, 3.63) is 83.9 Å². The fraction of sp³-hybridized carbons (Fsp3) is 0.200. The number of methoxy groups -OCH3 is 2. The molecule has 0 heterocycles. The van der Waals surface area contributed by atoms with Crippen LogP contribution in [0.4, 0.5) is 5.69 Å². The van der Waals surface area contributed by atoms with Crippen LogP contribution in [0.5, 0.6) is 11.5 Å². The van der Waals surface area contributed by atoms with Gasteiger partial charge in [-0.3, -0.25) is 9.59 Å². The Bertz CT molecular complexity index is 1070. The minimum Gasteiger partial charge on any atom is -0.493 e. The first kappa shape index (κ1) is 23.2. The topological polar surface area (TPSA) is 67.9 Å². The van der Waals surface area contributed by atoms with Gasteiger partial charge in [-0.05, 0) is 29.8 Å². The maximum absolute atomic E-state index is 13.0. The Morgan fingerprint density at radius 2 is 1.59 bits per heavy atom. The monoisotopic (exact) mass is 450 g/mol. The fourth-order valence-corrected chi connectivity index (χ4v) is 4.00. The van der Waals surface area contributed by atoms with Gasteiger partial charge in [0, 0.05) is 30.2 Å². The third-order valence-corrected chi connectivity index (χ3v) is 5.83. The highest BCUT2D eigenvalue weighted by Gasteiger charge is 2.17. The van der Waals surface area contributed by atoms with Crippen molar-refractivity contribution in [1.29, 1.82) is 0 Å². The number of nitrogens with one attached hydrogen (secondary N) is 1. The van der Waals surface area contributed by atoms with Gasteiger partial charge in [0.25, 0.3) is 5.91 Å². The van der Waals surface area contributed by atoms with E-state index in [4.69, 9.17) is 9.47 Å². The predicted octanol–water partition coefficient (Wildman–Crippen LogP) is 4.71. The van der Waals surface area contributed by atoms with Gasteiger partial charge >= 0.3 is 0 Å². The molecule has 3 aromatic rings. The van der Waals surface area contributed by atoms with E-state index in [0.29, 0.717) is 29.3 Å². The first-order valence-corrected chi connectivity index (χ1v) is 11.0. The second kappa shape index (κ2) is 11.2. The molecule has 7 heteroatoms. The highest BCUT2D eigenvalue weighted by molar-refractivity contribution is 8.00. The molecule has 0 aliphatic heterocycles. The van der Waals surface area contributed by atoms with E-state index in [0.717, 1.165) is 10.5 Å². The van der Waals surface area contributed by atoms with E-state index in [2.05, 4.69) is 5.32 Å². The van der Waals surface area contributed by atoms with Crippen LogP contribution in [0, 0.1) is 0 Å². The van der Waals surface area contributed by atoms with Gasteiger partial charge in [-0.2, -0.15) is 0 Å². The molecule has 0 aromatic heterocycles. The average molecular weight is 451 g/mol. The van der Waals surface area contributed by atoms with E-state index in [9.17, 15) is 9.59 Å². The summed E-state index contributed by atoms with van der Waals surface area (Å²) in [5.41, 5.74) is 2.25. The van der Waals surface area contributed by atoms with Crippen LogP contribution >= 0.6 is 11.8 Å². The van der Waals surface area contributed by atoms with Crippen molar-refractivity contribution in [3.8, 4) is 11.5 Å². The Kier molecular flexibility index (Phi) is 8.16. The summed E-state index contributed by atoms with van der Waals surface area (Å²) in [5.74, 6) is 1.03. The van der Waals surface area contributed by atoms with Gasteiger partial charge in [0.05, 0.1) is 25.5 Å². The highest BCUT2D eigenvalue weighted by Crippen LogP contribution is 2.30. The van der Waals surface area contributed by atoms with Gasteiger partial charge in [0.15, 0.2) is 11.5 Å². The number of anilines is 1. The van der Waals surface area contributed by atoms with Gasteiger partial charge in [-0.25, -0.2) is 0 Å². The summed E-state index contributed by atoms with van der Waals surface area (Å²) in [7, 11) is 4.88. The van der Waals surface area contributed by atoms with Crippen molar-refractivity contribution >= 4 is 29.3 Å². The summed E-state index contributed by atoms with van der Waals surface area (Å²) in [6.07, 6.45) is 0. The summed E-state index contributed by atoms with van der Waals surface area (Å²) in [5, 5.41) is 2.85. The molecule has 0 atom stereocenters. The molecule has 0 radical (unpaired) electrons. The zero-order valence-corrected chi connectivity index (χ0v) is 19.1. The van der Waals surface area contributed by atoms with Crippen LogP contribution in [0.2, 0.25) is 0 Å². The summed E-state index contributed by atoms with van der Waals surface area (Å²) < 4.78 is 10.5. The maximum Gasteiger partial charge on any atom is 0.255 e. The summed E-state index contributed by atoms with van der Waals surface area (Å²) in [6, 6.07) is 22.4. The van der Waals surface area contributed by atoms with Crippen LogP contribution in [0.25, 0.3) is 0 Å². The SMILES string of the molecule is COc1ccc(NC(=O)CSc2ccccc2C(=O)N(C)Cc2ccccc2)cc1OC. The molecule has 3 aromatic carbocycles. The first-order chi connectivity index (χ1) is 15.5. The minimum atomic E-state index is -0.179. The summed E-state index contributed by atoms with van der Waals surface area (Å²) in [4.78, 5) is 28.0. The number of carbonyl (C=O) groups excluding carboxylic acids is 2. The van der Waals surface area contributed by atoms with Crippen LogP contribution in [-0.2, 0) is 11.3 Å². The molecular weight excluding hydrogens is 424 g/mol. The fourth-order valence-electron chi connectivity index (χ4n) is 3.16. The molecule has 0 saturated heterocycles. The molecule has 0 saturated carbocycles. The number of hydrogen-bond acceptors (Lipinski definition) is 5. The predicted molar refractivity (Wildman–Crippen MR) is 128 cm³/mol. The molecule has 3 rings (SSSR count). The van der Waals surface area contributed by atoms with E-state index in [1.165, 1.54) is 11.8 Å². The van der Waals surface area contributed by atoms with Crippen molar-refractivity contribution in [2.45, 2.75) is 11.4 Å². The Labute approximate surface area is 192 Å². The molecule has 0 bridgehead atoms. The normalized spacial score (nSPS) is 10.3. The average Bonchev–Trinajstić information content (AvgIpc) is 2.83. The summed E-state index contributed by atoms with van der Waals surface area (Å²) >= 11 is 1.33. The number of benzene rings is 3. The molecule has 0 fully saturated rings. The molecule has 166 valence electrons. The van der Waals surface area contributed by atoms with Crippen molar-refractivity contribution in [1.82, 2.24) is 4.90 Å². The van der Waals surface area contributed by atoms with Crippen molar-refractivity contribution in [2.24, 2.45) is 0 Å². The van der Waals surface area contributed by atoms with Crippen LogP contribution in [-0.4, -0.2) is 43.7 Å². The highest BCUT2D eigenvalue weighted by atomic mass is 32.2. The molecular formula is C25H26N2O4S. The molecule has 2 amide bonds. The Morgan fingerprint density at radius 1 is 0.906 bits per heavy atom. The zero-order chi connectivity index (χ0) is 22.9. The van der Waals surface area contributed by atoms with E-state index >= 15 is 0 Å². The Morgan fingerprint density at radius 3 is 2.31 bits per heavy atom. The molecule has 0 spiro atoms. The van der Waals surface area contributed by atoms with Gasteiger partial charge in [0.2, 0.25) is 5.91 Å². The van der Waals surface area contributed by atoms with E-state index in [1.807, 2.05) is 48.5 Å². The lowest BCUT2D eigenvalue weighted by Gasteiger charge is -2.19. The van der Waals surface area contributed by atoms with Crippen molar-refractivity contribution < 1.29 is 19.1 Å². The standard InChI is InChI=1S/C25H26N2O4S/c1-27(16-18-9-5-4-6-10-18)25(29)20-11-7-8-12-23(20)32-17-24(28)26-19-13-14-21(30-2)22(15-19)31-3/h4-15H,16-17H2,1-3H3,(H,26,28). The van der Waals surface area contributed by atoms with Crippen LogP contribution in [0.1, 0.15) is 15.9 Å². The number of nitrogens with zero attached hydrogens (tertiary/aromatic N) is 1. The van der Waals surface area contributed by atoms with Gasteiger partial charge in [-0.1, -0.05) is 42.5 Å². The van der Waals surface area contributed by atoms with Crippen LogP contribution < -0.4 is 14.8 Å². The van der Waals surface area contributed by atoms with Crippen LogP contribution in [0.15, 0.2) is 77.7 Å². The number of rotatable bonds is 9. The smallest absolute Gasteiger partial charge is 0.255 e. The molecule has 32 heavy (non-hydrogen) atoms.